The minimum atomic E-state index is 0.681. The lowest BCUT2D eigenvalue weighted by Gasteiger charge is -2.58. The van der Waals surface area contributed by atoms with Crippen molar-refractivity contribution in [1.82, 2.24) is 0 Å². The van der Waals surface area contributed by atoms with Crippen LogP contribution >= 0.6 is 34.8 Å². The van der Waals surface area contributed by atoms with Gasteiger partial charge in [-0.1, -0.05) is 41.4 Å². The second-order valence-corrected chi connectivity index (χ2v) is 9.49. The third-order valence-corrected chi connectivity index (χ3v) is 8.35. The van der Waals surface area contributed by atoms with E-state index in [9.17, 15) is 0 Å². The Morgan fingerprint density at radius 2 is 1.68 bits per heavy atom. The summed E-state index contributed by atoms with van der Waals surface area (Å²) in [6.45, 7) is 6.03. The molecule has 0 heterocycles. The van der Waals surface area contributed by atoms with Crippen LogP contribution in [0.2, 0.25) is 0 Å². The van der Waals surface area contributed by atoms with Gasteiger partial charge in [0.25, 0.3) is 0 Å². The Bertz CT molecular complexity index is 363. The van der Waals surface area contributed by atoms with Gasteiger partial charge in [0, 0.05) is 8.79 Å². The largest absolute Gasteiger partial charge is 0.0950 e. The van der Waals surface area contributed by atoms with E-state index in [1.807, 2.05) is 0 Å². The van der Waals surface area contributed by atoms with Crippen molar-refractivity contribution in [2.45, 2.75) is 62.2 Å². The third kappa shape index (κ3) is 2.81. The molecule has 4 bridgehead atoms. The summed E-state index contributed by atoms with van der Waals surface area (Å²) in [6.07, 6.45) is 11.6. The summed E-state index contributed by atoms with van der Waals surface area (Å²) in [4.78, 5) is 1.10. The van der Waals surface area contributed by atoms with E-state index in [-0.39, 0.29) is 0 Å². The second kappa shape index (κ2) is 5.40. The minimum absolute atomic E-state index is 0.681. The summed E-state index contributed by atoms with van der Waals surface area (Å²) < 4.78 is 0.829. The van der Waals surface area contributed by atoms with Crippen molar-refractivity contribution in [2.24, 2.45) is 23.2 Å². The zero-order valence-corrected chi connectivity index (χ0v) is 14.9. The molecule has 0 aromatic heterocycles. The number of hydrogen-bond donors (Lipinski definition) is 0. The van der Waals surface area contributed by atoms with Crippen LogP contribution in [0.3, 0.4) is 0 Å². The number of halogens is 1. The third-order valence-electron chi connectivity index (χ3n) is 5.85. The summed E-state index contributed by atoms with van der Waals surface area (Å²) in [5.41, 5.74) is 1.78. The first-order valence-electron chi connectivity index (χ1n) is 7.81. The van der Waals surface area contributed by atoms with Crippen LogP contribution in [0.5, 0.6) is 0 Å². The van der Waals surface area contributed by atoms with Gasteiger partial charge in [-0.3, -0.25) is 0 Å². The second-order valence-electron chi connectivity index (χ2n) is 7.49. The molecule has 0 aromatic rings. The summed E-state index contributed by atoms with van der Waals surface area (Å²) in [6, 6.07) is 0. The molecule has 0 nitrogen and oxygen atoms in total. The summed E-state index contributed by atoms with van der Waals surface area (Å²) in [5.74, 6) is 3.20. The zero-order valence-electron chi connectivity index (χ0n) is 12.0. The molecular formula is C17H25IS. The molecule has 2 heteroatoms. The smallest absolute Gasteiger partial charge is 0.0175 e. The number of rotatable bonds is 5. The normalized spacial score (nSPS) is 41.3. The van der Waals surface area contributed by atoms with E-state index in [0.717, 1.165) is 38.5 Å². The van der Waals surface area contributed by atoms with Crippen LogP contribution in [0.4, 0.5) is 0 Å². The van der Waals surface area contributed by atoms with Crippen molar-refractivity contribution < 1.29 is 0 Å². The van der Waals surface area contributed by atoms with Gasteiger partial charge in [-0.2, -0.15) is 0 Å². The molecule has 4 aliphatic carbocycles. The van der Waals surface area contributed by atoms with E-state index in [0.29, 0.717) is 5.41 Å². The van der Waals surface area contributed by atoms with Gasteiger partial charge in [-0.05, 0) is 87.0 Å². The first-order chi connectivity index (χ1) is 8.98. The molecule has 19 heavy (non-hydrogen) atoms. The Morgan fingerprint density at radius 1 is 1.21 bits per heavy atom. The molecule has 0 saturated heterocycles. The Labute approximate surface area is 136 Å². The molecule has 1 atom stereocenters. The maximum absolute atomic E-state index is 5.44. The van der Waals surface area contributed by atoms with E-state index < -0.39 is 0 Å². The van der Waals surface area contributed by atoms with Crippen LogP contribution in [-0.2, 0) is 0 Å². The number of hydrogen-bond acceptors (Lipinski definition) is 1. The van der Waals surface area contributed by atoms with Crippen LogP contribution in [0.1, 0.15) is 58.3 Å². The van der Waals surface area contributed by atoms with Gasteiger partial charge in [0.05, 0.1) is 0 Å². The molecule has 4 saturated carbocycles. The van der Waals surface area contributed by atoms with Gasteiger partial charge < -0.3 is 0 Å². The first-order valence-corrected chi connectivity index (χ1v) is 9.47. The van der Waals surface area contributed by atoms with Gasteiger partial charge in [-0.15, -0.1) is 0 Å². The molecule has 106 valence electrons. The lowest BCUT2D eigenvalue weighted by atomic mass is 9.48. The molecule has 4 aliphatic rings. The van der Waals surface area contributed by atoms with Crippen molar-refractivity contribution in [3.05, 3.63) is 12.2 Å². The monoisotopic (exact) mass is 388 g/mol. The Morgan fingerprint density at radius 3 is 2.11 bits per heavy atom. The summed E-state index contributed by atoms with van der Waals surface area (Å²) in [7, 11) is 0. The van der Waals surface area contributed by atoms with Crippen molar-refractivity contribution in [1.29, 1.82) is 0 Å². The predicted molar refractivity (Wildman–Crippen MR) is 95.1 cm³/mol. The van der Waals surface area contributed by atoms with Crippen molar-refractivity contribution >= 4 is 39.7 Å². The molecule has 0 N–H and O–H groups in total. The summed E-state index contributed by atoms with van der Waals surface area (Å²) in [5, 5.41) is 0. The molecule has 0 radical (unpaired) electrons. The quantitative estimate of drug-likeness (QED) is 0.251. The van der Waals surface area contributed by atoms with E-state index in [1.54, 1.807) is 19.3 Å². The van der Waals surface area contributed by atoms with Crippen molar-refractivity contribution in [2.75, 3.05) is 0 Å². The number of thiocarbonyl (C=S) groups is 1. The molecule has 4 fully saturated rings. The molecule has 0 unspecified atom stereocenters. The maximum atomic E-state index is 5.44. The van der Waals surface area contributed by atoms with Crippen LogP contribution in [0, 0.1) is 23.2 Å². The highest BCUT2D eigenvalue weighted by Crippen LogP contribution is 2.63. The van der Waals surface area contributed by atoms with Gasteiger partial charge >= 0.3 is 0 Å². The minimum Gasteiger partial charge on any atom is -0.0950 e. The SMILES string of the molecule is C=C(C)C(=S)CC[C@@H](I)C12CC3CC(CC(C3)C1)C2. The lowest BCUT2D eigenvalue weighted by Crippen LogP contribution is -2.50. The zero-order chi connectivity index (χ0) is 13.6. The maximum Gasteiger partial charge on any atom is 0.0175 e. The predicted octanol–water partition coefficient (Wildman–Crippen LogP) is 5.73. The van der Waals surface area contributed by atoms with Crippen LogP contribution in [0.15, 0.2) is 12.2 Å². The average Bonchev–Trinajstić information content (AvgIpc) is 2.33. The van der Waals surface area contributed by atoms with Crippen LogP contribution in [-0.4, -0.2) is 8.79 Å². The van der Waals surface area contributed by atoms with E-state index in [2.05, 4.69) is 36.1 Å². The molecule has 0 aliphatic heterocycles. The highest BCUT2D eigenvalue weighted by molar-refractivity contribution is 14.1. The fourth-order valence-electron chi connectivity index (χ4n) is 5.34. The van der Waals surface area contributed by atoms with E-state index in [1.165, 1.54) is 25.7 Å². The van der Waals surface area contributed by atoms with Gasteiger partial charge in [-0.25, -0.2) is 0 Å². The van der Waals surface area contributed by atoms with Crippen LogP contribution < -0.4 is 0 Å². The number of allylic oxidation sites excluding steroid dienone is 1. The van der Waals surface area contributed by atoms with E-state index in [4.69, 9.17) is 12.2 Å². The fraction of sp³-hybridized carbons (Fsp3) is 0.824. The average molecular weight is 388 g/mol. The highest BCUT2D eigenvalue weighted by Gasteiger charge is 2.53. The number of alkyl halides is 1. The van der Waals surface area contributed by atoms with Gasteiger partial charge in [0.1, 0.15) is 0 Å². The molecule has 0 spiro atoms. The fourth-order valence-corrected chi connectivity index (χ4v) is 6.53. The highest BCUT2D eigenvalue weighted by atomic mass is 127. The van der Waals surface area contributed by atoms with Gasteiger partial charge in [0.2, 0.25) is 0 Å². The Balaban J connectivity index is 1.64. The standard InChI is InChI=1S/C17H25IS/c1-11(2)15(19)3-4-16(18)17-8-12-5-13(9-17)7-14(6-12)10-17/h12-14,16H,1,3-10H2,2H3/t12?,13?,14?,16-,17?/m1/s1. The van der Waals surface area contributed by atoms with Crippen molar-refractivity contribution in [3.8, 4) is 0 Å². The molecule has 0 amide bonds. The summed E-state index contributed by atoms with van der Waals surface area (Å²) >= 11 is 8.19. The first kappa shape index (κ1) is 14.5. The molecule has 4 rings (SSSR count). The molecule has 0 aromatic carbocycles. The lowest BCUT2D eigenvalue weighted by molar-refractivity contribution is -0.0514. The molecular weight excluding hydrogens is 363 g/mol. The van der Waals surface area contributed by atoms with Crippen molar-refractivity contribution in [3.63, 3.8) is 0 Å². The Kier molecular flexibility index (Phi) is 4.12. The van der Waals surface area contributed by atoms with E-state index >= 15 is 0 Å². The Hall–Kier alpha value is 0.560. The topological polar surface area (TPSA) is 0 Å². The van der Waals surface area contributed by atoms with Crippen LogP contribution in [0.25, 0.3) is 0 Å². The van der Waals surface area contributed by atoms with Gasteiger partial charge in [0.15, 0.2) is 0 Å².